The minimum atomic E-state index is -0.0435. The minimum absolute atomic E-state index is 0.0435. The second-order valence-corrected chi connectivity index (χ2v) is 4.51. The largest absolute Gasteiger partial charge is 0.394 e. The predicted octanol–water partition coefficient (Wildman–Crippen LogP) is 3.65. The van der Waals surface area contributed by atoms with Gasteiger partial charge in [0.25, 0.3) is 0 Å². The fourth-order valence-electron chi connectivity index (χ4n) is 1.85. The maximum atomic E-state index is 9.25. The Labute approximate surface area is 120 Å². The number of benzene rings is 1. The number of hydrogen-bond acceptors (Lipinski definition) is 2. The highest BCUT2D eigenvalue weighted by Crippen LogP contribution is 2.27. The SMILES string of the molecule is C=C/C=C(\C(Cl)=C/C)c1ccc(C(CO)NC)cc1. The van der Waals surface area contributed by atoms with Gasteiger partial charge in [-0.2, -0.15) is 0 Å². The lowest BCUT2D eigenvalue weighted by Crippen LogP contribution is -2.19. The zero-order valence-corrected chi connectivity index (χ0v) is 12.1. The number of hydrogen-bond donors (Lipinski definition) is 2. The van der Waals surface area contributed by atoms with Gasteiger partial charge in [0.05, 0.1) is 12.6 Å². The molecule has 3 heteroatoms. The van der Waals surface area contributed by atoms with E-state index in [1.165, 1.54) is 0 Å². The van der Waals surface area contributed by atoms with Crippen LogP contribution in [0.5, 0.6) is 0 Å². The van der Waals surface area contributed by atoms with E-state index >= 15 is 0 Å². The maximum Gasteiger partial charge on any atom is 0.0626 e. The van der Waals surface area contributed by atoms with Crippen LogP contribution in [-0.4, -0.2) is 18.8 Å². The van der Waals surface area contributed by atoms with Crippen LogP contribution in [0, 0.1) is 0 Å². The molecule has 0 radical (unpaired) electrons. The number of rotatable bonds is 6. The molecule has 0 fully saturated rings. The van der Waals surface area contributed by atoms with E-state index in [1.807, 2.05) is 50.4 Å². The Kier molecular flexibility index (Phi) is 6.57. The van der Waals surface area contributed by atoms with Crippen LogP contribution in [0.2, 0.25) is 0 Å². The molecule has 1 unspecified atom stereocenters. The zero-order valence-electron chi connectivity index (χ0n) is 11.4. The van der Waals surface area contributed by atoms with Crippen LogP contribution in [0.25, 0.3) is 5.57 Å². The number of allylic oxidation sites excluding steroid dienone is 5. The number of aliphatic hydroxyl groups is 1. The van der Waals surface area contributed by atoms with Crippen molar-refractivity contribution in [3.63, 3.8) is 0 Å². The minimum Gasteiger partial charge on any atom is -0.394 e. The van der Waals surface area contributed by atoms with Crippen molar-refractivity contribution in [1.82, 2.24) is 5.32 Å². The Morgan fingerprint density at radius 2 is 2.05 bits per heavy atom. The topological polar surface area (TPSA) is 32.3 Å². The van der Waals surface area contributed by atoms with Gasteiger partial charge in [0.2, 0.25) is 0 Å². The highest BCUT2D eigenvalue weighted by molar-refractivity contribution is 6.37. The van der Waals surface area contributed by atoms with Crippen molar-refractivity contribution < 1.29 is 5.11 Å². The van der Waals surface area contributed by atoms with E-state index in [-0.39, 0.29) is 12.6 Å². The highest BCUT2D eigenvalue weighted by atomic mass is 35.5. The lowest BCUT2D eigenvalue weighted by atomic mass is 10.00. The van der Waals surface area contributed by atoms with Crippen LogP contribution in [0.4, 0.5) is 0 Å². The van der Waals surface area contributed by atoms with Crippen molar-refractivity contribution >= 4 is 17.2 Å². The van der Waals surface area contributed by atoms with E-state index in [0.717, 1.165) is 16.7 Å². The molecule has 0 aliphatic rings. The fourth-order valence-corrected chi connectivity index (χ4v) is 2.02. The summed E-state index contributed by atoms with van der Waals surface area (Å²) >= 11 is 6.19. The molecule has 0 spiro atoms. The van der Waals surface area contributed by atoms with Gasteiger partial charge < -0.3 is 10.4 Å². The lowest BCUT2D eigenvalue weighted by molar-refractivity contribution is 0.251. The maximum absolute atomic E-state index is 9.25. The molecular weight excluding hydrogens is 258 g/mol. The molecule has 0 saturated heterocycles. The van der Waals surface area contributed by atoms with Crippen LogP contribution in [-0.2, 0) is 0 Å². The Balaban J connectivity index is 3.09. The van der Waals surface area contributed by atoms with E-state index in [0.29, 0.717) is 5.03 Å². The van der Waals surface area contributed by atoms with E-state index < -0.39 is 0 Å². The Hall–Kier alpha value is -1.35. The molecule has 0 amide bonds. The average Bonchev–Trinajstić information content (AvgIpc) is 2.46. The molecule has 0 aromatic heterocycles. The molecule has 0 heterocycles. The first-order valence-corrected chi connectivity index (χ1v) is 6.59. The van der Waals surface area contributed by atoms with Crippen LogP contribution in [0.15, 0.2) is 54.1 Å². The smallest absolute Gasteiger partial charge is 0.0626 e. The van der Waals surface area contributed by atoms with E-state index in [9.17, 15) is 5.11 Å². The van der Waals surface area contributed by atoms with Crippen LogP contribution in [0.1, 0.15) is 24.1 Å². The molecule has 1 aromatic rings. The molecule has 1 rings (SSSR count). The summed E-state index contributed by atoms with van der Waals surface area (Å²) in [5, 5.41) is 13.0. The van der Waals surface area contributed by atoms with Gasteiger partial charge in [0, 0.05) is 5.03 Å². The molecule has 0 aliphatic heterocycles. The van der Waals surface area contributed by atoms with Gasteiger partial charge in [-0.25, -0.2) is 0 Å². The summed E-state index contributed by atoms with van der Waals surface area (Å²) in [5.41, 5.74) is 3.01. The van der Waals surface area contributed by atoms with Crippen LogP contribution in [0.3, 0.4) is 0 Å². The Morgan fingerprint density at radius 3 is 2.47 bits per heavy atom. The van der Waals surface area contributed by atoms with Gasteiger partial charge in [-0.15, -0.1) is 0 Å². The van der Waals surface area contributed by atoms with Gasteiger partial charge >= 0.3 is 0 Å². The Bertz CT molecular complexity index is 470. The number of likely N-dealkylation sites (N-methyl/N-ethyl adjacent to an activating group) is 1. The molecule has 0 saturated carbocycles. The normalized spacial score (nSPS) is 14.3. The summed E-state index contributed by atoms with van der Waals surface area (Å²) < 4.78 is 0. The molecule has 0 aliphatic carbocycles. The van der Waals surface area contributed by atoms with Crippen molar-refractivity contribution in [1.29, 1.82) is 0 Å². The fraction of sp³-hybridized carbons (Fsp3) is 0.250. The molecule has 1 aromatic carbocycles. The first-order valence-electron chi connectivity index (χ1n) is 6.21. The predicted molar refractivity (Wildman–Crippen MR) is 83.1 cm³/mol. The number of nitrogens with one attached hydrogen (secondary N) is 1. The summed E-state index contributed by atoms with van der Waals surface area (Å²) in [6.45, 7) is 5.68. The molecule has 102 valence electrons. The van der Waals surface area contributed by atoms with Crippen molar-refractivity contribution in [3.05, 3.63) is 65.2 Å². The van der Waals surface area contributed by atoms with Crippen molar-refractivity contribution in [3.8, 4) is 0 Å². The molecule has 1 atom stereocenters. The lowest BCUT2D eigenvalue weighted by Gasteiger charge is -2.14. The van der Waals surface area contributed by atoms with Crippen LogP contribution >= 0.6 is 11.6 Å². The molecule has 2 nitrogen and oxygen atoms in total. The van der Waals surface area contributed by atoms with Crippen molar-refractivity contribution in [2.75, 3.05) is 13.7 Å². The third kappa shape index (κ3) is 4.06. The van der Waals surface area contributed by atoms with Crippen molar-refractivity contribution in [2.24, 2.45) is 0 Å². The monoisotopic (exact) mass is 277 g/mol. The van der Waals surface area contributed by atoms with E-state index in [1.54, 1.807) is 6.08 Å². The van der Waals surface area contributed by atoms with E-state index in [4.69, 9.17) is 11.6 Å². The molecule has 2 N–H and O–H groups in total. The summed E-state index contributed by atoms with van der Waals surface area (Å²) in [7, 11) is 1.83. The first-order chi connectivity index (χ1) is 9.17. The van der Waals surface area contributed by atoms with Gasteiger partial charge in [0.1, 0.15) is 0 Å². The second-order valence-electron chi connectivity index (χ2n) is 4.10. The first kappa shape index (κ1) is 15.7. The molecule has 0 bridgehead atoms. The summed E-state index contributed by atoms with van der Waals surface area (Å²) in [4.78, 5) is 0. The number of halogens is 1. The Morgan fingerprint density at radius 1 is 1.42 bits per heavy atom. The third-order valence-corrected chi connectivity index (χ3v) is 3.37. The quantitative estimate of drug-likeness (QED) is 0.778. The van der Waals surface area contributed by atoms with Gasteiger partial charge in [-0.1, -0.05) is 60.7 Å². The van der Waals surface area contributed by atoms with Gasteiger partial charge in [-0.05, 0) is 30.7 Å². The third-order valence-electron chi connectivity index (χ3n) is 2.95. The highest BCUT2D eigenvalue weighted by Gasteiger charge is 2.09. The molecular formula is C16H20ClNO. The van der Waals surface area contributed by atoms with E-state index in [2.05, 4.69) is 11.9 Å². The summed E-state index contributed by atoms with van der Waals surface area (Å²) in [5.74, 6) is 0. The van der Waals surface area contributed by atoms with Crippen LogP contribution < -0.4 is 5.32 Å². The zero-order chi connectivity index (χ0) is 14.3. The second kappa shape index (κ2) is 7.95. The molecule has 19 heavy (non-hydrogen) atoms. The van der Waals surface area contributed by atoms with Gasteiger partial charge in [0.15, 0.2) is 0 Å². The summed E-state index contributed by atoms with van der Waals surface area (Å²) in [6.07, 6.45) is 5.47. The van der Waals surface area contributed by atoms with Crippen molar-refractivity contribution in [2.45, 2.75) is 13.0 Å². The average molecular weight is 278 g/mol. The number of aliphatic hydroxyl groups excluding tert-OH is 1. The summed E-state index contributed by atoms with van der Waals surface area (Å²) in [6, 6.07) is 7.93. The van der Waals surface area contributed by atoms with Gasteiger partial charge in [-0.3, -0.25) is 0 Å². The standard InChI is InChI=1S/C16H20ClNO/c1-4-6-14(15(17)5-2)12-7-9-13(10-8-12)16(11-19)18-3/h4-10,16,18-19H,1,11H2,2-3H3/b14-6-,15-5+.